The molecule has 1 aromatic carbocycles. The summed E-state index contributed by atoms with van der Waals surface area (Å²) >= 11 is 1.59. The summed E-state index contributed by atoms with van der Waals surface area (Å²) in [6, 6.07) is 9.95. The van der Waals surface area contributed by atoms with Crippen LogP contribution in [0.4, 0.5) is 0 Å². The average Bonchev–Trinajstić information content (AvgIpc) is 2.45. The summed E-state index contributed by atoms with van der Waals surface area (Å²) in [6.07, 6.45) is 5.53. The van der Waals surface area contributed by atoms with Gasteiger partial charge in [-0.15, -0.1) is 11.8 Å². The van der Waals surface area contributed by atoms with Gasteiger partial charge in [-0.3, -0.25) is 9.59 Å². The monoisotopic (exact) mass is 294 g/mol. The van der Waals surface area contributed by atoms with Gasteiger partial charge in [0.15, 0.2) is 0 Å². The van der Waals surface area contributed by atoms with E-state index in [0.29, 0.717) is 18.0 Å². The Morgan fingerprint density at radius 2 is 1.50 bits per heavy atom. The van der Waals surface area contributed by atoms with Crippen LogP contribution in [0.2, 0.25) is 0 Å². The number of aliphatic carboxylic acids is 1. The zero-order chi connectivity index (χ0) is 14.6. The number of hydrogen-bond donors (Lipinski definition) is 1. The molecule has 0 aliphatic carbocycles. The molecule has 4 heteroatoms. The molecule has 0 saturated heterocycles. The van der Waals surface area contributed by atoms with E-state index in [1.807, 2.05) is 30.3 Å². The zero-order valence-electron chi connectivity index (χ0n) is 11.7. The van der Waals surface area contributed by atoms with Crippen molar-refractivity contribution < 1.29 is 14.7 Å². The van der Waals surface area contributed by atoms with Crippen molar-refractivity contribution in [1.82, 2.24) is 0 Å². The fourth-order valence-electron chi connectivity index (χ4n) is 1.88. The van der Waals surface area contributed by atoms with Crippen molar-refractivity contribution >= 4 is 23.5 Å². The van der Waals surface area contributed by atoms with E-state index in [4.69, 9.17) is 5.11 Å². The third-order valence-corrected chi connectivity index (χ3v) is 4.06. The Balaban J connectivity index is 1.96. The molecule has 0 atom stereocenters. The third kappa shape index (κ3) is 8.75. The molecule has 0 aromatic heterocycles. The first-order chi connectivity index (χ1) is 9.68. The second kappa shape index (κ2) is 10.5. The maximum atomic E-state index is 11.7. The summed E-state index contributed by atoms with van der Waals surface area (Å²) in [4.78, 5) is 23.1. The third-order valence-electron chi connectivity index (χ3n) is 2.99. The predicted molar refractivity (Wildman–Crippen MR) is 82.1 cm³/mol. The summed E-state index contributed by atoms with van der Waals surface area (Å²) in [7, 11) is 0. The van der Waals surface area contributed by atoms with Crippen LogP contribution in [-0.2, 0) is 9.59 Å². The standard InChI is InChI=1S/C16H22O3S/c17-14(13-20-15-10-6-4-7-11-15)9-5-2-1-3-8-12-16(18)19/h4,6-7,10-11H,1-3,5,8-9,12-13H2,(H,18,19). The molecule has 0 heterocycles. The predicted octanol–water partition coefficient (Wildman–Crippen LogP) is 4.16. The van der Waals surface area contributed by atoms with Gasteiger partial charge in [0.1, 0.15) is 5.78 Å². The van der Waals surface area contributed by atoms with Gasteiger partial charge in [-0.1, -0.05) is 37.5 Å². The van der Waals surface area contributed by atoms with Crippen LogP contribution >= 0.6 is 11.8 Å². The van der Waals surface area contributed by atoms with Crippen molar-refractivity contribution in [1.29, 1.82) is 0 Å². The Morgan fingerprint density at radius 3 is 2.15 bits per heavy atom. The van der Waals surface area contributed by atoms with Gasteiger partial charge in [-0.2, -0.15) is 0 Å². The molecule has 0 fully saturated rings. The molecule has 1 aromatic rings. The minimum atomic E-state index is -0.724. The van der Waals surface area contributed by atoms with E-state index in [1.54, 1.807) is 11.8 Å². The van der Waals surface area contributed by atoms with Gasteiger partial charge in [0.25, 0.3) is 0 Å². The zero-order valence-corrected chi connectivity index (χ0v) is 12.5. The molecule has 1 rings (SSSR count). The first kappa shape index (κ1) is 16.8. The van der Waals surface area contributed by atoms with Crippen LogP contribution in [0.15, 0.2) is 35.2 Å². The first-order valence-corrected chi connectivity index (χ1v) is 8.08. The van der Waals surface area contributed by atoms with E-state index < -0.39 is 5.97 Å². The maximum Gasteiger partial charge on any atom is 0.303 e. The van der Waals surface area contributed by atoms with Gasteiger partial charge in [-0.25, -0.2) is 0 Å². The van der Waals surface area contributed by atoms with E-state index in [2.05, 4.69) is 0 Å². The van der Waals surface area contributed by atoms with Crippen LogP contribution in [0.5, 0.6) is 0 Å². The first-order valence-electron chi connectivity index (χ1n) is 7.10. The largest absolute Gasteiger partial charge is 0.481 e. The number of carbonyl (C=O) groups is 2. The van der Waals surface area contributed by atoms with Gasteiger partial charge < -0.3 is 5.11 Å². The molecule has 0 unspecified atom stereocenters. The molecule has 0 amide bonds. The highest BCUT2D eigenvalue weighted by Gasteiger charge is 2.03. The van der Waals surface area contributed by atoms with E-state index in [-0.39, 0.29) is 6.42 Å². The lowest BCUT2D eigenvalue weighted by Crippen LogP contribution is -2.01. The van der Waals surface area contributed by atoms with Crippen LogP contribution in [0.3, 0.4) is 0 Å². The van der Waals surface area contributed by atoms with Crippen LogP contribution in [0.1, 0.15) is 44.9 Å². The number of carboxylic acid groups (broad SMARTS) is 1. The van der Waals surface area contributed by atoms with Gasteiger partial charge in [-0.05, 0) is 25.0 Å². The average molecular weight is 294 g/mol. The van der Waals surface area contributed by atoms with Crippen LogP contribution in [-0.4, -0.2) is 22.6 Å². The number of carbonyl (C=O) groups excluding carboxylic acids is 1. The molecule has 0 saturated carbocycles. The Morgan fingerprint density at radius 1 is 0.900 bits per heavy atom. The number of unbranched alkanes of at least 4 members (excludes halogenated alkanes) is 4. The fourth-order valence-corrected chi connectivity index (χ4v) is 2.70. The van der Waals surface area contributed by atoms with Crippen molar-refractivity contribution in [2.75, 3.05) is 5.75 Å². The maximum absolute atomic E-state index is 11.7. The smallest absolute Gasteiger partial charge is 0.303 e. The topological polar surface area (TPSA) is 54.4 Å². The lowest BCUT2D eigenvalue weighted by atomic mass is 10.1. The highest BCUT2D eigenvalue weighted by molar-refractivity contribution is 8.00. The van der Waals surface area contributed by atoms with E-state index in [9.17, 15) is 9.59 Å². The van der Waals surface area contributed by atoms with Gasteiger partial charge in [0, 0.05) is 17.7 Å². The normalized spacial score (nSPS) is 10.4. The summed E-state index contributed by atoms with van der Waals surface area (Å²) in [6.45, 7) is 0. The summed E-state index contributed by atoms with van der Waals surface area (Å²) in [5, 5.41) is 8.50. The van der Waals surface area contributed by atoms with Crippen LogP contribution in [0.25, 0.3) is 0 Å². The number of benzene rings is 1. The molecule has 1 N–H and O–H groups in total. The molecule has 0 aliphatic rings. The Kier molecular flexibility index (Phi) is 8.79. The molecule has 0 aliphatic heterocycles. The number of Topliss-reactive ketones (excluding diaryl/α,β-unsaturated/α-hetero) is 1. The number of carboxylic acids is 1. The molecular formula is C16H22O3S. The number of thioether (sulfide) groups is 1. The quantitative estimate of drug-likeness (QED) is 0.492. The minimum Gasteiger partial charge on any atom is -0.481 e. The van der Waals surface area contributed by atoms with Crippen molar-refractivity contribution in [3.05, 3.63) is 30.3 Å². The molecule has 110 valence electrons. The molecule has 0 spiro atoms. The van der Waals surface area contributed by atoms with Gasteiger partial charge in [0.05, 0.1) is 5.75 Å². The Labute approximate surface area is 124 Å². The van der Waals surface area contributed by atoms with Crippen molar-refractivity contribution in [3.63, 3.8) is 0 Å². The number of hydrogen-bond acceptors (Lipinski definition) is 3. The van der Waals surface area contributed by atoms with Gasteiger partial charge >= 0.3 is 5.97 Å². The van der Waals surface area contributed by atoms with Crippen molar-refractivity contribution in [2.45, 2.75) is 49.8 Å². The van der Waals surface area contributed by atoms with Crippen LogP contribution < -0.4 is 0 Å². The molecule has 20 heavy (non-hydrogen) atoms. The SMILES string of the molecule is O=C(O)CCCCCCCC(=O)CSc1ccccc1. The second-order valence-corrected chi connectivity index (χ2v) is 5.85. The second-order valence-electron chi connectivity index (χ2n) is 4.80. The molecule has 0 radical (unpaired) electrons. The molecule has 0 bridgehead atoms. The van der Waals surface area contributed by atoms with E-state index >= 15 is 0 Å². The van der Waals surface area contributed by atoms with Crippen LogP contribution in [0, 0.1) is 0 Å². The summed E-state index contributed by atoms with van der Waals surface area (Å²) in [5.41, 5.74) is 0. The Bertz CT molecular complexity index is 403. The minimum absolute atomic E-state index is 0.257. The molecular weight excluding hydrogens is 272 g/mol. The number of rotatable bonds is 11. The summed E-state index contributed by atoms with van der Waals surface area (Å²) in [5.74, 6) is 0.116. The van der Waals surface area contributed by atoms with Gasteiger partial charge in [0.2, 0.25) is 0 Å². The summed E-state index contributed by atoms with van der Waals surface area (Å²) < 4.78 is 0. The highest BCUT2D eigenvalue weighted by Crippen LogP contribution is 2.18. The van der Waals surface area contributed by atoms with Crippen molar-refractivity contribution in [3.8, 4) is 0 Å². The number of ketones is 1. The lowest BCUT2D eigenvalue weighted by Gasteiger charge is -2.02. The van der Waals surface area contributed by atoms with E-state index in [0.717, 1.165) is 37.0 Å². The fraction of sp³-hybridized carbons (Fsp3) is 0.500. The van der Waals surface area contributed by atoms with Crippen molar-refractivity contribution in [2.24, 2.45) is 0 Å². The van der Waals surface area contributed by atoms with E-state index in [1.165, 1.54) is 0 Å². The Hall–Kier alpha value is -1.29. The lowest BCUT2D eigenvalue weighted by molar-refractivity contribution is -0.137. The highest BCUT2D eigenvalue weighted by atomic mass is 32.2. The molecule has 3 nitrogen and oxygen atoms in total.